The van der Waals surface area contributed by atoms with Crippen molar-refractivity contribution in [2.75, 3.05) is 6.61 Å². The molecule has 0 bridgehead atoms. The molecule has 0 radical (unpaired) electrons. The summed E-state index contributed by atoms with van der Waals surface area (Å²) in [6.07, 6.45) is 0.00821. The first kappa shape index (κ1) is 16.9. The van der Waals surface area contributed by atoms with Crippen LogP contribution in [0.15, 0.2) is 24.3 Å². The quantitative estimate of drug-likeness (QED) is 0.865. The smallest absolute Gasteiger partial charge is 0.328 e. The van der Waals surface area contributed by atoms with Gasteiger partial charge in [0.2, 0.25) is 5.91 Å². The van der Waals surface area contributed by atoms with Gasteiger partial charge in [-0.25, -0.2) is 9.18 Å². The first-order valence-electron chi connectivity index (χ1n) is 7.75. The third-order valence-corrected chi connectivity index (χ3v) is 4.06. The second-order valence-electron chi connectivity index (χ2n) is 5.70. The molecule has 1 N–H and O–H groups in total. The van der Waals surface area contributed by atoms with Gasteiger partial charge >= 0.3 is 5.97 Å². The summed E-state index contributed by atoms with van der Waals surface area (Å²) in [7, 11) is 0. The number of aliphatic carboxylic acids is 1. The fraction of sp³-hybridized carbons (Fsp3) is 0.375. The number of amides is 1. The Kier molecular flexibility index (Phi) is 4.64. The van der Waals surface area contributed by atoms with Crippen molar-refractivity contribution in [3.63, 3.8) is 0 Å². The highest BCUT2D eigenvalue weighted by molar-refractivity contribution is 5.84. The fourth-order valence-electron chi connectivity index (χ4n) is 2.72. The molecule has 132 valence electrons. The highest BCUT2D eigenvalue weighted by Crippen LogP contribution is 2.19. The molecule has 3 rings (SSSR count). The Balaban J connectivity index is 1.63. The minimum atomic E-state index is -1.08. The number of carbonyl (C=O) groups excluding carboxylic acids is 1. The molecule has 1 aromatic carbocycles. The first-order chi connectivity index (χ1) is 12.0. The van der Waals surface area contributed by atoms with Crippen LogP contribution in [0.25, 0.3) is 0 Å². The largest absolute Gasteiger partial charge is 0.493 e. The van der Waals surface area contributed by atoms with E-state index >= 15 is 0 Å². The van der Waals surface area contributed by atoms with Crippen LogP contribution in [-0.2, 0) is 22.7 Å². The Morgan fingerprint density at radius 1 is 1.32 bits per heavy atom. The number of aromatic nitrogens is 3. The van der Waals surface area contributed by atoms with Crippen molar-refractivity contribution in [1.29, 1.82) is 0 Å². The van der Waals surface area contributed by atoms with Gasteiger partial charge in [0, 0.05) is 0 Å². The summed E-state index contributed by atoms with van der Waals surface area (Å²) in [5.74, 6) is -0.179. The topological polar surface area (TPSA) is 97.5 Å². The number of carboxylic acids is 1. The van der Waals surface area contributed by atoms with E-state index in [4.69, 9.17) is 4.74 Å². The molecule has 0 spiro atoms. The summed E-state index contributed by atoms with van der Waals surface area (Å²) in [5, 5.41) is 17.3. The molecule has 1 atom stereocenters. The minimum Gasteiger partial charge on any atom is -0.493 e. The van der Waals surface area contributed by atoms with Gasteiger partial charge in [0.1, 0.15) is 23.4 Å². The van der Waals surface area contributed by atoms with Gasteiger partial charge in [-0.05, 0) is 31.2 Å². The van der Waals surface area contributed by atoms with Crippen LogP contribution in [0.1, 0.15) is 18.1 Å². The summed E-state index contributed by atoms with van der Waals surface area (Å²) in [6.45, 7) is 2.02. The van der Waals surface area contributed by atoms with E-state index in [1.54, 1.807) is 11.5 Å². The SMILES string of the molecule is Cc1nnc2n1CC(C(=O)O)N(C(=O)CCOc1ccc(F)cc1)C2. The van der Waals surface area contributed by atoms with Crippen molar-refractivity contribution in [2.24, 2.45) is 0 Å². The van der Waals surface area contributed by atoms with Crippen LogP contribution in [0.5, 0.6) is 5.75 Å². The van der Waals surface area contributed by atoms with Crippen LogP contribution in [0.3, 0.4) is 0 Å². The van der Waals surface area contributed by atoms with E-state index in [1.165, 1.54) is 29.2 Å². The van der Waals surface area contributed by atoms with Crippen LogP contribution >= 0.6 is 0 Å². The van der Waals surface area contributed by atoms with Gasteiger partial charge in [0.05, 0.1) is 26.1 Å². The van der Waals surface area contributed by atoms with E-state index in [2.05, 4.69) is 10.2 Å². The highest BCUT2D eigenvalue weighted by atomic mass is 19.1. The number of hydrogen-bond acceptors (Lipinski definition) is 5. The Morgan fingerprint density at radius 2 is 2.04 bits per heavy atom. The van der Waals surface area contributed by atoms with E-state index in [0.29, 0.717) is 17.4 Å². The van der Waals surface area contributed by atoms with Crippen LogP contribution in [0, 0.1) is 12.7 Å². The fourth-order valence-corrected chi connectivity index (χ4v) is 2.72. The van der Waals surface area contributed by atoms with Gasteiger partial charge < -0.3 is 19.3 Å². The maximum Gasteiger partial charge on any atom is 0.328 e. The number of nitrogens with zero attached hydrogens (tertiary/aromatic N) is 4. The number of fused-ring (bicyclic) bond motifs is 1. The van der Waals surface area contributed by atoms with Gasteiger partial charge in [0.15, 0.2) is 5.82 Å². The average molecular weight is 348 g/mol. The lowest BCUT2D eigenvalue weighted by atomic mass is 10.1. The van der Waals surface area contributed by atoms with Crippen LogP contribution in [0.4, 0.5) is 4.39 Å². The van der Waals surface area contributed by atoms with E-state index < -0.39 is 12.0 Å². The third kappa shape index (κ3) is 3.59. The standard InChI is InChI=1S/C16H17FN4O4/c1-10-18-19-14-9-21(13(16(23)24)8-20(10)14)15(22)6-7-25-12-4-2-11(17)3-5-12/h2-5,13H,6-9H2,1H3,(H,23,24). The Bertz CT molecular complexity index is 790. The predicted octanol–water partition coefficient (Wildman–Crippen LogP) is 0.990. The molecule has 0 aliphatic carbocycles. The van der Waals surface area contributed by atoms with Crippen molar-refractivity contribution in [1.82, 2.24) is 19.7 Å². The maximum absolute atomic E-state index is 12.8. The highest BCUT2D eigenvalue weighted by Gasteiger charge is 2.36. The number of ether oxygens (including phenoxy) is 1. The molecule has 1 unspecified atom stereocenters. The number of hydrogen-bond donors (Lipinski definition) is 1. The van der Waals surface area contributed by atoms with Gasteiger partial charge in [-0.3, -0.25) is 4.79 Å². The number of carboxylic acid groups (broad SMARTS) is 1. The molecule has 8 nitrogen and oxygen atoms in total. The number of halogens is 1. The molecule has 0 fully saturated rings. The summed E-state index contributed by atoms with van der Waals surface area (Å²) in [6, 6.07) is 4.48. The predicted molar refractivity (Wildman–Crippen MR) is 83.2 cm³/mol. The van der Waals surface area contributed by atoms with E-state index in [0.717, 1.165) is 0 Å². The second-order valence-corrected chi connectivity index (χ2v) is 5.70. The maximum atomic E-state index is 12.8. The lowest BCUT2D eigenvalue weighted by Crippen LogP contribution is -2.51. The van der Waals surface area contributed by atoms with Crippen molar-refractivity contribution in [3.8, 4) is 5.75 Å². The molecule has 2 heterocycles. The van der Waals surface area contributed by atoms with E-state index in [1.807, 2.05) is 0 Å². The van der Waals surface area contributed by atoms with Crippen molar-refractivity contribution in [3.05, 3.63) is 41.7 Å². The van der Waals surface area contributed by atoms with Crippen LogP contribution in [-0.4, -0.2) is 49.3 Å². The number of benzene rings is 1. The van der Waals surface area contributed by atoms with Crippen LogP contribution in [0.2, 0.25) is 0 Å². The Labute approximate surface area is 142 Å². The molecule has 9 heteroatoms. The molecular weight excluding hydrogens is 331 g/mol. The van der Waals surface area contributed by atoms with Crippen LogP contribution < -0.4 is 4.74 Å². The normalized spacial score (nSPS) is 16.4. The zero-order chi connectivity index (χ0) is 18.0. The second kappa shape index (κ2) is 6.88. The zero-order valence-corrected chi connectivity index (χ0v) is 13.6. The molecule has 2 aromatic rings. The average Bonchev–Trinajstić information content (AvgIpc) is 2.96. The molecule has 1 amide bonds. The minimum absolute atomic E-state index is 0.00821. The number of aryl methyl sites for hydroxylation is 1. The van der Waals surface area contributed by atoms with Crippen molar-refractivity contribution >= 4 is 11.9 Å². The molecule has 1 aromatic heterocycles. The van der Waals surface area contributed by atoms with E-state index in [-0.39, 0.29) is 37.8 Å². The van der Waals surface area contributed by atoms with Crippen molar-refractivity contribution < 1.29 is 23.8 Å². The molecule has 1 aliphatic heterocycles. The molecule has 1 aliphatic rings. The summed E-state index contributed by atoms with van der Waals surface area (Å²) >= 11 is 0. The van der Waals surface area contributed by atoms with Gasteiger partial charge in [-0.15, -0.1) is 10.2 Å². The molecular formula is C16H17FN4O4. The van der Waals surface area contributed by atoms with Gasteiger partial charge in [0.25, 0.3) is 0 Å². The van der Waals surface area contributed by atoms with E-state index in [9.17, 15) is 19.1 Å². The first-order valence-corrected chi connectivity index (χ1v) is 7.75. The summed E-state index contributed by atoms with van der Waals surface area (Å²) < 4.78 is 19.9. The van der Waals surface area contributed by atoms with Crippen molar-refractivity contribution in [2.45, 2.75) is 32.5 Å². The summed E-state index contributed by atoms with van der Waals surface area (Å²) in [4.78, 5) is 25.2. The van der Waals surface area contributed by atoms with Gasteiger partial charge in [-0.1, -0.05) is 0 Å². The Morgan fingerprint density at radius 3 is 2.72 bits per heavy atom. The lowest BCUT2D eigenvalue weighted by Gasteiger charge is -2.33. The molecule has 0 saturated carbocycles. The Hall–Kier alpha value is -2.97. The molecule has 25 heavy (non-hydrogen) atoms. The molecule has 0 saturated heterocycles. The monoisotopic (exact) mass is 348 g/mol. The summed E-state index contributed by atoms with van der Waals surface area (Å²) in [5.41, 5.74) is 0. The third-order valence-electron chi connectivity index (χ3n) is 4.06. The lowest BCUT2D eigenvalue weighted by molar-refractivity contribution is -0.153. The number of rotatable bonds is 5. The zero-order valence-electron chi connectivity index (χ0n) is 13.6. The van der Waals surface area contributed by atoms with Gasteiger partial charge in [-0.2, -0.15) is 0 Å². The number of carbonyl (C=O) groups is 2.